The fourth-order valence-corrected chi connectivity index (χ4v) is 2.55. The van der Waals surface area contributed by atoms with Gasteiger partial charge in [0.05, 0.1) is 5.02 Å². The van der Waals surface area contributed by atoms with Crippen molar-refractivity contribution in [2.45, 2.75) is 52.0 Å². The molecule has 0 spiro atoms. The maximum Gasteiger partial charge on any atom is 0.142 e. The summed E-state index contributed by atoms with van der Waals surface area (Å²) in [5.74, 6) is 4.82. The quantitative estimate of drug-likeness (QED) is 0.414. The van der Waals surface area contributed by atoms with Crippen LogP contribution in [0.1, 0.15) is 57.6 Å². The Balaban J connectivity index is 2.87. The molecule has 1 aromatic rings. The lowest BCUT2D eigenvalue weighted by Gasteiger charge is -2.23. The fraction of sp³-hybridized carbons (Fsp3) is 0.600. The Morgan fingerprint density at radius 1 is 1.25 bits per heavy atom. The zero-order chi connectivity index (χ0) is 15.1. The van der Waals surface area contributed by atoms with E-state index in [4.69, 9.17) is 17.4 Å². The van der Waals surface area contributed by atoms with Gasteiger partial charge >= 0.3 is 0 Å². The fourth-order valence-electron chi connectivity index (χ4n) is 2.40. The van der Waals surface area contributed by atoms with Gasteiger partial charge in [0.2, 0.25) is 0 Å². The molecular formula is C15H23ClF2N2. The van der Waals surface area contributed by atoms with Crippen LogP contribution < -0.4 is 11.3 Å². The predicted octanol–water partition coefficient (Wildman–Crippen LogP) is 4.73. The summed E-state index contributed by atoms with van der Waals surface area (Å²) in [7, 11) is 0. The number of hydrogen-bond acceptors (Lipinski definition) is 2. The summed E-state index contributed by atoms with van der Waals surface area (Å²) in [6.07, 6.45) is 5.01. The van der Waals surface area contributed by atoms with Gasteiger partial charge in [0.1, 0.15) is 11.6 Å². The summed E-state index contributed by atoms with van der Waals surface area (Å²) >= 11 is 5.57. The third kappa shape index (κ3) is 4.69. The van der Waals surface area contributed by atoms with Gasteiger partial charge in [0, 0.05) is 11.6 Å². The van der Waals surface area contributed by atoms with Crippen LogP contribution in [-0.2, 0) is 0 Å². The van der Waals surface area contributed by atoms with Crippen LogP contribution in [0.15, 0.2) is 12.1 Å². The van der Waals surface area contributed by atoms with E-state index in [-0.39, 0.29) is 10.6 Å². The van der Waals surface area contributed by atoms with E-state index in [0.717, 1.165) is 37.8 Å². The van der Waals surface area contributed by atoms with Gasteiger partial charge < -0.3 is 0 Å². The molecule has 0 aliphatic heterocycles. The first-order valence-electron chi connectivity index (χ1n) is 7.13. The molecule has 0 heterocycles. The van der Waals surface area contributed by atoms with Crippen molar-refractivity contribution in [2.24, 2.45) is 11.8 Å². The summed E-state index contributed by atoms with van der Waals surface area (Å²) in [5, 5.41) is -0.208. The van der Waals surface area contributed by atoms with Crippen LogP contribution >= 0.6 is 11.6 Å². The molecule has 1 aromatic carbocycles. The Hall–Kier alpha value is -0.710. The van der Waals surface area contributed by atoms with Crippen molar-refractivity contribution < 1.29 is 8.78 Å². The van der Waals surface area contributed by atoms with Crippen LogP contribution in [0, 0.1) is 17.6 Å². The molecule has 0 aliphatic rings. The number of nitrogens with one attached hydrogen (secondary N) is 1. The third-order valence-corrected chi connectivity index (χ3v) is 4.02. The molecule has 2 unspecified atom stereocenters. The minimum atomic E-state index is -0.620. The second kappa shape index (κ2) is 8.55. The van der Waals surface area contributed by atoms with Crippen molar-refractivity contribution in [1.29, 1.82) is 0 Å². The summed E-state index contributed by atoms with van der Waals surface area (Å²) in [4.78, 5) is 0. The monoisotopic (exact) mass is 304 g/mol. The largest absolute Gasteiger partial charge is 0.271 e. The number of halogens is 3. The van der Waals surface area contributed by atoms with E-state index in [1.807, 2.05) is 0 Å². The highest BCUT2D eigenvalue weighted by molar-refractivity contribution is 6.30. The summed E-state index contributed by atoms with van der Waals surface area (Å²) in [6.45, 7) is 4.24. The number of hydrazine groups is 1. The number of rotatable bonds is 8. The van der Waals surface area contributed by atoms with E-state index >= 15 is 0 Å². The van der Waals surface area contributed by atoms with Crippen LogP contribution in [-0.4, -0.2) is 0 Å². The third-order valence-electron chi connectivity index (χ3n) is 3.73. The SMILES string of the molecule is CCCCC(CC)CC(NN)c1cc(F)c(Cl)cc1F. The minimum Gasteiger partial charge on any atom is -0.271 e. The lowest BCUT2D eigenvalue weighted by molar-refractivity contribution is 0.349. The summed E-state index contributed by atoms with van der Waals surface area (Å²) in [5.41, 5.74) is 2.84. The van der Waals surface area contributed by atoms with Crippen molar-refractivity contribution >= 4 is 11.6 Å². The second-order valence-electron chi connectivity index (χ2n) is 5.16. The standard InChI is InChI=1S/C15H23ClF2N2/c1-3-5-6-10(4-2)7-15(20-19)11-8-14(18)12(16)9-13(11)17/h8-10,15,20H,3-7,19H2,1-2H3. The molecular weight excluding hydrogens is 282 g/mol. The van der Waals surface area contributed by atoms with Crippen LogP contribution in [0.5, 0.6) is 0 Å². The van der Waals surface area contributed by atoms with Crippen molar-refractivity contribution in [2.75, 3.05) is 0 Å². The van der Waals surface area contributed by atoms with Crippen molar-refractivity contribution in [3.05, 3.63) is 34.4 Å². The highest BCUT2D eigenvalue weighted by Crippen LogP contribution is 2.30. The van der Waals surface area contributed by atoms with Gasteiger partial charge in [-0.25, -0.2) is 8.78 Å². The zero-order valence-electron chi connectivity index (χ0n) is 12.1. The molecule has 1 rings (SSSR count). The average molecular weight is 305 g/mol. The van der Waals surface area contributed by atoms with Crippen LogP contribution in [0.25, 0.3) is 0 Å². The molecule has 0 aromatic heterocycles. The minimum absolute atomic E-state index is 0.208. The topological polar surface area (TPSA) is 38.0 Å². The number of unbranched alkanes of at least 4 members (excludes halogenated alkanes) is 1. The Bertz CT molecular complexity index is 427. The molecule has 0 aliphatic carbocycles. The van der Waals surface area contributed by atoms with E-state index in [1.54, 1.807) is 0 Å². The molecule has 2 atom stereocenters. The Labute approximate surface area is 124 Å². The first kappa shape index (κ1) is 17.3. The lowest BCUT2D eigenvalue weighted by atomic mass is 9.89. The van der Waals surface area contributed by atoms with Gasteiger partial charge in [-0.2, -0.15) is 0 Å². The smallest absolute Gasteiger partial charge is 0.142 e. The predicted molar refractivity (Wildman–Crippen MR) is 79.4 cm³/mol. The van der Waals surface area contributed by atoms with Crippen molar-refractivity contribution in [3.8, 4) is 0 Å². The van der Waals surface area contributed by atoms with E-state index < -0.39 is 17.7 Å². The molecule has 114 valence electrons. The maximum absolute atomic E-state index is 13.9. The molecule has 0 fully saturated rings. The van der Waals surface area contributed by atoms with Gasteiger partial charge in [-0.15, -0.1) is 0 Å². The molecule has 0 bridgehead atoms. The highest BCUT2D eigenvalue weighted by atomic mass is 35.5. The number of nitrogens with two attached hydrogens (primary N) is 1. The van der Waals surface area contributed by atoms with Crippen molar-refractivity contribution in [3.63, 3.8) is 0 Å². The Kier molecular flexibility index (Phi) is 7.41. The second-order valence-corrected chi connectivity index (χ2v) is 5.57. The number of benzene rings is 1. The highest BCUT2D eigenvalue weighted by Gasteiger charge is 2.20. The Morgan fingerprint density at radius 2 is 1.95 bits per heavy atom. The molecule has 0 saturated heterocycles. The average Bonchev–Trinajstić information content (AvgIpc) is 2.44. The van der Waals surface area contributed by atoms with Gasteiger partial charge in [0.15, 0.2) is 0 Å². The molecule has 3 N–H and O–H groups in total. The van der Waals surface area contributed by atoms with E-state index in [1.165, 1.54) is 0 Å². The van der Waals surface area contributed by atoms with E-state index in [0.29, 0.717) is 12.3 Å². The Morgan fingerprint density at radius 3 is 2.50 bits per heavy atom. The van der Waals surface area contributed by atoms with E-state index in [9.17, 15) is 8.78 Å². The molecule has 0 radical (unpaired) electrons. The summed E-state index contributed by atoms with van der Waals surface area (Å²) in [6, 6.07) is 1.74. The first-order chi connectivity index (χ1) is 9.53. The first-order valence-corrected chi connectivity index (χ1v) is 7.51. The number of hydrogen-bond donors (Lipinski definition) is 2. The molecule has 2 nitrogen and oxygen atoms in total. The van der Waals surface area contributed by atoms with Crippen molar-refractivity contribution in [1.82, 2.24) is 5.43 Å². The van der Waals surface area contributed by atoms with Crippen LogP contribution in [0.3, 0.4) is 0 Å². The maximum atomic E-state index is 13.9. The van der Waals surface area contributed by atoms with Gasteiger partial charge in [-0.05, 0) is 24.5 Å². The molecule has 0 amide bonds. The van der Waals surface area contributed by atoms with Gasteiger partial charge in [0.25, 0.3) is 0 Å². The van der Waals surface area contributed by atoms with Gasteiger partial charge in [-0.1, -0.05) is 51.1 Å². The molecule has 20 heavy (non-hydrogen) atoms. The molecule has 5 heteroatoms. The zero-order valence-corrected chi connectivity index (χ0v) is 12.8. The lowest BCUT2D eigenvalue weighted by Crippen LogP contribution is -2.30. The van der Waals surface area contributed by atoms with Crippen LogP contribution in [0.4, 0.5) is 8.78 Å². The molecule has 0 saturated carbocycles. The normalized spacial score (nSPS) is 14.3. The van der Waals surface area contributed by atoms with Crippen LogP contribution in [0.2, 0.25) is 5.02 Å². The van der Waals surface area contributed by atoms with E-state index in [2.05, 4.69) is 19.3 Å². The summed E-state index contributed by atoms with van der Waals surface area (Å²) < 4.78 is 27.4. The van der Waals surface area contributed by atoms with Gasteiger partial charge in [-0.3, -0.25) is 11.3 Å².